The second-order valence-electron chi connectivity index (χ2n) is 7.61. The van der Waals surface area contributed by atoms with Crippen LogP contribution in [0, 0.1) is 11.8 Å². The first kappa shape index (κ1) is 18.3. The highest BCUT2D eigenvalue weighted by Gasteiger charge is 2.61. The molecule has 2 bridgehead atoms. The summed E-state index contributed by atoms with van der Waals surface area (Å²) in [7, 11) is 1.66. The number of Topliss-reactive ketones (excluding diaryl/α,β-unsaturated/α-hetero) is 1. The SMILES string of the molecule is CCOC/C=C(/C1=C(OC)C2C(C1=O)[C@H]1O[C@@H]2c2ccccc21)c1ccccc1. The van der Waals surface area contributed by atoms with Gasteiger partial charge in [-0.05, 0) is 29.2 Å². The van der Waals surface area contributed by atoms with Crippen LogP contribution in [0.1, 0.15) is 35.8 Å². The van der Waals surface area contributed by atoms with Crippen molar-refractivity contribution in [3.63, 3.8) is 0 Å². The third-order valence-corrected chi connectivity index (χ3v) is 6.22. The number of fused-ring (bicyclic) bond motifs is 8. The first-order valence-electron chi connectivity index (χ1n) is 10.2. The summed E-state index contributed by atoms with van der Waals surface area (Å²) in [4.78, 5) is 13.7. The van der Waals surface area contributed by atoms with E-state index in [4.69, 9.17) is 14.2 Å². The Morgan fingerprint density at radius 1 is 1.00 bits per heavy atom. The van der Waals surface area contributed by atoms with Crippen LogP contribution in [0.4, 0.5) is 0 Å². The van der Waals surface area contributed by atoms with Crippen LogP contribution in [0.3, 0.4) is 0 Å². The molecule has 5 rings (SSSR count). The minimum Gasteiger partial charge on any atom is -0.500 e. The maximum absolute atomic E-state index is 13.7. The Labute approximate surface area is 170 Å². The quantitative estimate of drug-likeness (QED) is 0.676. The summed E-state index contributed by atoms with van der Waals surface area (Å²) in [6.45, 7) is 3.04. The molecular formula is C25H24O4. The molecule has 1 fully saturated rings. The van der Waals surface area contributed by atoms with Crippen molar-refractivity contribution in [3.05, 3.63) is 88.7 Å². The van der Waals surface area contributed by atoms with Gasteiger partial charge in [-0.15, -0.1) is 0 Å². The van der Waals surface area contributed by atoms with Gasteiger partial charge in [-0.2, -0.15) is 0 Å². The average molecular weight is 388 g/mol. The predicted octanol–water partition coefficient (Wildman–Crippen LogP) is 4.65. The van der Waals surface area contributed by atoms with Gasteiger partial charge < -0.3 is 14.2 Å². The van der Waals surface area contributed by atoms with Gasteiger partial charge in [0.25, 0.3) is 0 Å². The van der Waals surface area contributed by atoms with Crippen molar-refractivity contribution in [2.75, 3.05) is 20.3 Å². The fourth-order valence-corrected chi connectivity index (χ4v) is 5.07. The molecule has 2 aliphatic heterocycles. The number of rotatable bonds is 6. The van der Waals surface area contributed by atoms with Gasteiger partial charge in [0, 0.05) is 6.61 Å². The maximum atomic E-state index is 13.7. The topological polar surface area (TPSA) is 44.8 Å². The van der Waals surface area contributed by atoms with Crippen molar-refractivity contribution >= 4 is 11.4 Å². The number of methoxy groups -OCH3 is 1. The van der Waals surface area contributed by atoms with Crippen LogP contribution < -0.4 is 0 Å². The molecule has 1 saturated heterocycles. The van der Waals surface area contributed by atoms with E-state index in [0.717, 1.165) is 22.5 Å². The predicted molar refractivity (Wildman–Crippen MR) is 110 cm³/mol. The van der Waals surface area contributed by atoms with E-state index in [-0.39, 0.29) is 29.8 Å². The molecule has 2 aromatic rings. The van der Waals surface area contributed by atoms with Crippen molar-refractivity contribution in [2.45, 2.75) is 19.1 Å². The minimum absolute atomic E-state index is 0.0680. The molecule has 0 N–H and O–H groups in total. The molecule has 4 nitrogen and oxygen atoms in total. The standard InChI is InChI=1S/C25H24O4/c1-3-28-14-13-16(15-9-5-4-6-10-15)19-22(26)20-21(25(19)27-2)24-18-12-8-7-11-17(18)23(20)29-24/h4-13,20-21,23-24H,3,14H2,1-2H3/b16-13+/t20?,21?,23-,24+/m0/s1. The summed E-state index contributed by atoms with van der Waals surface area (Å²) in [6, 6.07) is 18.2. The lowest BCUT2D eigenvalue weighted by atomic mass is 9.76. The van der Waals surface area contributed by atoms with Crippen LogP contribution in [0.25, 0.3) is 5.57 Å². The zero-order valence-corrected chi connectivity index (χ0v) is 16.6. The summed E-state index contributed by atoms with van der Waals surface area (Å²) < 4.78 is 17.7. The molecule has 0 amide bonds. The Bertz CT molecular complexity index is 1000. The number of ketones is 1. The first-order chi connectivity index (χ1) is 14.3. The summed E-state index contributed by atoms with van der Waals surface area (Å²) in [5, 5.41) is 0. The molecule has 4 heteroatoms. The maximum Gasteiger partial charge on any atom is 0.173 e. The molecule has 0 spiro atoms. The number of ether oxygens (including phenoxy) is 3. The van der Waals surface area contributed by atoms with Crippen LogP contribution in [0.5, 0.6) is 0 Å². The third kappa shape index (κ3) is 2.70. The molecule has 2 unspecified atom stereocenters. The van der Waals surface area contributed by atoms with Gasteiger partial charge in [-0.25, -0.2) is 0 Å². The number of allylic oxidation sites excluding steroid dienone is 2. The van der Waals surface area contributed by atoms with Gasteiger partial charge in [0.15, 0.2) is 5.78 Å². The molecule has 0 radical (unpaired) electrons. The molecule has 1 aliphatic carbocycles. The van der Waals surface area contributed by atoms with Gasteiger partial charge in [0.2, 0.25) is 0 Å². The number of carbonyl (C=O) groups is 1. The minimum atomic E-state index is -0.223. The lowest BCUT2D eigenvalue weighted by Crippen LogP contribution is -2.24. The van der Waals surface area contributed by atoms with Crippen LogP contribution in [-0.4, -0.2) is 26.1 Å². The number of carbonyl (C=O) groups excluding carboxylic acids is 1. The molecule has 2 heterocycles. The molecule has 148 valence electrons. The highest BCUT2D eigenvalue weighted by molar-refractivity contribution is 6.14. The first-order valence-corrected chi connectivity index (χ1v) is 10.2. The number of benzene rings is 2. The average Bonchev–Trinajstić information content (AvgIpc) is 3.41. The molecule has 4 atom stereocenters. The van der Waals surface area contributed by atoms with Gasteiger partial charge in [-0.1, -0.05) is 60.7 Å². The molecule has 29 heavy (non-hydrogen) atoms. The molecule has 3 aliphatic rings. The second-order valence-corrected chi connectivity index (χ2v) is 7.61. The third-order valence-electron chi connectivity index (χ3n) is 6.22. The molecule has 2 aromatic carbocycles. The van der Waals surface area contributed by atoms with Crippen LogP contribution in [-0.2, 0) is 19.0 Å². The van der Waals surface area contributed by atoms with E-state index in [1.807, 2.05) is 55.5 Å². The molecule has 0 saturated carbocycles. The van der Waals surface area contributed by atoms with Crippen molar-refractivity contribution < 1.29 is 19.0 Å². The lowest BCUT2D eigenvalue weighted by Gasteiger charge is -2.23. The Hall–Kier alpha value is -2.69. The van der Waals surface area contributed by atoms with Crippen LogP contribution >= 0.6 is 0 Å². The van der Waals surface area contributed by atoms with Gasteiger partial charge >= 0.3 is 0 Å². The van der Waals surface area contributed by atoms with Crippen molar-refractivity contribution in [2.24, 2.45) is 11.8 Å². The highest BCUT2D eigenvalue weighted by Crippen LogP contribution is 2.63. The van der Waals surface area contributed by atoms with Crippen LogP contribution in [0.15, 0.2) is 72.0 Å². The molecular weight excluding hydrogens is 364 g/mol. The number of hydrogen-bond donors (Lipinski definition) is 0. The Kier molecular flexibility index (Phi) is 4.61. The van der Waals surface area contributed by atoms with Gasteiger partial charge in [0.05, 0.1) is 43.3 Å². The Morgan fingerprint density at radius 2 is 1.66 bits per heavy atom. The monoisotopic (exact) mass is 388 g/mol. The summed E-state index contributed by atoms with van der Waals surface area (Å²) in [5.74, 6) is 0.565. The fourth-order valence-electron chi connectivity index (χ4n) is 5.07. The summed E-state index contributed by atoms with van der Waals surface area (Å²) in [6.07, 6.45) is 1.68. The van der Waals surface area contributed by atoms with E-state index < -0.39 is 0 Å². The van der Waals surface area contributed by atoms with Crippen molar-refractivity contribution in [1.82, 2.24) is 0 Å². The van der Waals surface area contributed by atoms with Crippen molar-refractivity contribution in [3.8, 4) is 0 Å². The lowest BCUT2D eigenvalue weighted by molar-refractivity contribution is -0.120. The van der Waals surface area contributed by atoms with Gasteiger partial charge in [0.1, 0.15) is 5.76 Å². The zero-order chi connectivity index (χ0) is 20.0. The smallest absolute Gasteiger partial charge is 0.173 e. The van der Waals surface area contributed by atoms with Crippen LogP contribution in [0.2, 0.25) is 0 Å². The zero-order valence-electron chi connectivity index (χ0n) is 16.6. The van der Waals surface area contributed by atoms with E-state index in [1.165, 1.54) is 5.56 Å². The van der Waals surface area contributed by atoms with E-state index in [1.54, 1.807) is 7.11 Å². The van der Waals surface area contributed by atoms with E-state index in [2.05, 4.69) is 12.1 Å². The largest absolute Gasteiger partial charge is 0.500 e. The highest BCUT2D eigenvalue weighted by atomic mass is 16.5. The van der Waals surface area contributed by atoms with Crippen molar-refractivity contribution in [1.29, 1.82) is 0 Å². The summed E-state index contributed by atoms with van der Waals surface area (Å²) >= 11 is 0. The Morgan fingerprint density at radius 3 is 2.31 bits per heavy atom. The van der Waals surface area contributed by atoms with E-state index in [9.17, 15) is 4.79 Å². The van der Waals surface area contributed by atoms with E-state index in [0.29, 0.717) is 18.8 Å². The molecule has 0 aromatic heterocycles. The normalized spacial score (nSPS) is 27.4. The van der Waals surface area contributed by atoms with Gasteiger partial charge in [-0.3, -0.25) is 4.79 Å². The van der Waals surface area contributed by atoms with E-state index >= 15 is 0 Å². The fraction of sp³-hybridized carbons (Fsp3) is 0.320. The Balaban J connectivity index is 1.62. The second kappa shape index (κ2) is 7.29. The summed E-state index contributed by atoms with van der Waals surface area (Å²) in [5.41, 5.74) is 4.89. The number of hydrogen-bond acceptors (Lipinski definition) is 4.